The first-order valence-corrected chi connectivity index (χ1v) is 11.2. The number of hydrogen-bond donors (Lipinski definition) is 2. The molecule has 7 nitrogen and oxygen atoms in total. The SMILES string of the molecule is CCOc1ccc(NC(=O)C2CCCC(N)C2)cc1S(=O)(=O)N1CCCC1.Cl. The summed E-state index contributed by atoms with van der Waals surface area (Å²) < 4.78 is 33.1. The molecule has 28 heavy (non-hydrogen) atoms. The van der Waals surface area contributed by atoms with Gasteiger partial charge in [0, 0.05) is 30.7 Å². The summed E-state index contributed by atoms with van der Waals surface area (Å²) in [6.07, 6.45) is 5.10. The van der Waals surface area contributed by atoms with Gasteiger partial charge in [-0.1, -0.05) is 6.42 Å². The van der Waals surface area contributed by atoms with Crippen LogP contribution in [-0.4, -0.2) is 44.4 Å². The Bertz CT molecular complexity index is 781. The number of nitrogens with zero attached hydrogens (tertiary/aromatic N) is 1. The van der Waals surface area contributed by atoms with E-state index in [0.29, 0.717) is 37.6 Å². The van der Waals surface area contributed by atoms with Crippen LogP contribution in [0.25, 0.3) is 0 Å². The number of amides is 1. The molecule has 3 rings (SSSR count). The zero-order valence-corrected chi connectivity index (χ0v) is 17.9. The molecule has 1 saturated heterocycles. The largest absolute Gasteiger partial charge is 0.492 e. The van der Waals surface area contributed by atoms with Gasteiger partial charge in [-0.3, -0.25) is 4.79 Å². The second-order valence-corrected chi connectivity index (χ2v) is 9.22. The molecule has 0 bridgehead atoms. The third-order valence-electron chi connectivity index (χ3n) is 5.28. The Balaban J connectivity index is 0.00000280. The van der Waals surface area contributed by atoms with E-state index in [0.717, 1.165) is 32.1 Å². The molecule has 1 aromatic rings. The number of hydrogen-bond acceptors (Lipinski definition) is 5. The lowest BCUT2D eigenvalue weighted by molar-refractivity contribution is -0.120. The maximum absolute atomic E-state index is 13.0. The van der Waals surface area contributed by atoms with Crippen LogP contribution in [0.3, 0.4) is 0 Å². The smallest absolute Gasteiger partial charge is 0.246 e. The van der Waals surface area contributed by atoms with Crippen LogP contribution < -0.4 is 15.8 Å². The Labute approximate surface area is 173 Å². The minimum atomic E-state index is -3.65. The number of sulfonamides is 1. The van der Waals surface area contributed by atoms with Gasteiger partial charge in [-0.05, 0) is 57.2 Å². The molecule has 1 amide bonds. The lowest BCUT2D eigenvalue weighted by Crippen LogP contribution is -2.34. The van der Waals surface area contributed by atoms with Crippen molar-refractivity contribution in [3.8, 4) is 5.75 Å². The van der Waals surface area contributed by atoms with E-state index in [9.17, 15) is 13.2 Å². The number of rotatable bonds is 6. The quantitative estimate of drug-likeness (QED) is 0.721. The van der Waals surface area contributed by atoms with Gasteiger partial charge in [-0.25, -0.2) is 8.42 Å². The van der Waals surface area contributed by atoms with Gasteiger partial charge in [0.2, 0.25) is 15.9 Å². The number of ether oxygens (including phenoxy) is 1. The lowest BCUT2D eigenvalue weighted by Gasteiger charge is -2.26. The van der Waals surface area contributed by atoms with E-state index in [1.165, 1.54) is 10.4 Å². The third kappa shape index (κ3) is 5.17. The van der Waals surface area contributed by atoms with E-state index in [-0.39, 0.29) is 35.2 Å². The highest BCUT2D eigenvalue weighted by Gasteiger charge is 2.31. The highest BCUT2D eigenvalue weighted by Crippen LogP contribution is 2.32. The van der Waals surface area contributed by atoms with Gasteiger partial charge in [0.15, 0.2) is 0 Å². The number of benzene rings is 1. The van der Waals surface area contributed by atoms with Crippen LogP contribution in [0.4, 0.5) is 5.69 Å². The highest BCUT2D eigenvalue weighted by molar-refractivity contribution is 7.89. The van der Waals surface area contributed by atoms with E-state index in [4.69, 9.17) is 10.5 Å². The standard InChI is InChI=1S/C19H29N3O4S.ClH/c1-2-26-17-9-8-16(21-19(23)14-6-5-7-15(20)12-14)13-18(17)27(24,25)22-10-3-4-11-22;/h8-9,13-15H,2-7,10-12,20H2,1H3,(H,21,23);1H. The molecule has 158 valence electrons. The second kappa shape index (κ2) is 9.91. The summed E-state index contributed by atoms with van der Waals surface area (Å²) in [4.78, 5) is 12.7. The van der Waals surface area contributed by atoms with Crippen molar-refractivity contribution in [2.45, 2.75) is 56.4 Å². The highest BCUT2D eigenvalue weighted by atomic mass is 35.5. The van der Waals surface area contributed by atoms with Gasteiger partial charge in [-0.15, -0.1) is 12.4 Å². The first-order valence-electron chi connectivity index (χ1n) is 9.75. The van der Waals surface area contributed by atoms with Gasteiger partial charge in [0.1, 0.15) is 10.6 Å². The van der Waals surface area contributed by atoms with Crippen molar-refractivity contribution in [2.75, 3.05) is 25.0 Å². The fourth-order valence-corrected chi connectivity index (χ4v) is 5.51. The Morgan fingerprint density at radius 2 is 1.96 bits per heavy atom. The Kier molecular flexibility index (Phi) is 8.12. The average molecular weight is 432 g/mol. The van der Waals surface area contributed by atoms with Crippen molar-refractivity contribution < 1.29 is 17.9 Å². The minimum absolute atomic E-state index is 0. The fraction of sp³-hybridized carbons (Fsp3) is 0.632. The molecular weight excluding hydrogens is 402 g/mol. The van der Waals surface area contributed by atoms with E-state index in [2.05, 4.69) is 5.32 Å². The van der Waals surface area contributed by atoms with Gasteiger partial charge >= 0.3 is 0 Å². The molecule has 1 saturated carbocycles. The normalized spacial score (nSPS) is 23.1. The van der Waals surface area contributed by atoms with Crippen molar-refractivity contribution >= 4 is 34.0 Å². The second-order valence-electron chi connectivity index (χ2n) is 7.32. The number of carbonyl (C=O) groups excluding carboxylic acids is 1. The molecule has 1 aromatic carbocycles. The van der Waals surface area contributed by atoms with E-state index < -0.39 is 10.0 Å². The van der Waals surface area contributed by atoms with Crippen LogP contribution in [0.2, 0.25) is 0 Å². The Morgan fingerprint density at radius 1 is 1.25 bits per heavy atom. The molecule has 2 aliphatic rings. The van der Waals surface area contributed by atoms with Crippen LogP contribution in [0.1, 0.15) is 45.4 Å². The molecule has 0 radical (unpaired) electrons. The maximum atomic E-state index is 13.0. The zero-order valence-electron chi connectivity index (χ0n) is 16.2. The topological polar surface area (TPSA) is 102 Å². The number of nitrogens with one attached hydrogen (secondary N) is 1. The maximum Gasteiger partial charge on any atom is 0.246 e. The number of anilines is 1. The summed E-state index contributed by atoms with van der Waals surface area (Å²) in [6, 6.07) is 4.88. The Hall–Kier alpha value is -1.35. The average Bonchev–Trinajstić information content (AvgIpc) is 3.18. The predicted octanol–water partition coefficient (Wildman–Crippen LogP) is 2.75. The molecule has 2 unspecified atom stereocenters. The van der Waals surface area contributed by atoms with E-state index in [1.54, 1.807) is 12.1 Å². The summed E-state index contributed by atoms with van der Waals surface area (Å²) in [5, 5.41) is 2.87. The summed E-state index contributed by atoms with van der Waals surface area (Å²) in [5.74, 6) is 0.0971. The molecule has 1 aliphatic carbocycles. The van der Waals surface area contributed by atoms with Gasteiger partial charge in [0.25, 0.3) is 0 Å². The molecule has 1 heterocycles. The van der Waals surface area contributed by atoms with Crippen LogP contribution >= 0.6 is 12.4 Å². The molecular formula is C19H30ClN3O4S. The van der Waals surface area contributed by atoms with E-state index >= 15 is 0 Å². The molecule has 1 aliphatic heterocycles. The van der Waals surface area contributed by atoms with Gasteiger partial charge < -0.3 is 15.8 Å². The van der Waals surface area contributed by atoms with Gasteiger partial charge in [-0.2, -0.15) is 4.31 Å². The molecule has 3 N–H and O–H groups in total. The summed E-state index contributed by atoms with van der Waals surface area (Å²) in [5.41, 5.74) is 6.45. The fourth-order valence-electron chi connectivity index (χ4n) is 3.84. The number of halogens is 1. The summed E-state index contributed by atoms with van der Waals surface area (Å²) >= 11 is 0. The monoisotopic (exact) mass is 431 g/mol. The molecule has 0 spiro atoms. The summed E-state index contributed by atoms with van der Waals surface area (Å²) in [7, 11) is -3.65. The third-order valence-corrected chi connectivity index (χ3v) is 7.20. The first-order chi connectivity index (χ1) is 12.9. The Morgan fingerprint density at radius 3 is 2.61 bits per heavy atom. The summed E-state index contributed by atoms with van der Waals surface area (Å²) in [6.45, 7) is 3.22. The van der Waals surface area contributed by atoms with Crippen molar-refractivity contribution in [1.82, 2.24) is 4.31 Å². The number of carbonyl (C=O) groups is 1. The minimum Gasteiger partial charge on any atom is -0.492 e. The molecule has 2 atom stereocenters. The molecule has 0 aromatic heterocycles. The van der Waals surface area contributed by atoms with Crippen LogP contribution in [-0.2, 0) is 14.8 Å². The van der Waals surface area contributed by atoms with Crippen molar-refractivity contribution in [1.29, 1.82) is 0 Å². The molecule has 9 heteroatoms. The van der Waals surface area contributed by atoms with Crippen molar-refractivity contribution in [3.63, 3.8) is 0 Å². The molecule has 2 fully saturated rings. The van der Waals surface area contributed by atoms with E-state index in [1.807, 2.05) is 6.92 Å². The zero-order chi connectivity index (χ0) is 19.4. The van der Waals surface area contributed by atoms with Crippen molar-refractivity contribution in [2.24, 2.45) is 11.7 Å². The van der Waals surface area contributed by atoms with Crippen LogP contribution in [0, 0.1) is 5.92 Å². The first kappa shape index (κ1) is 22.9. The predicted molar refractivity (Wildman–Crippen MR) is 111 cm³/mol. The van der Waals surface area contributed by atoms with Crippen LogP contribution in [0.5, 0.6) is 5.75 Å². The van der Waals surface area contributed by atoms with Crippen molar-refractivity contribution in [3.05, 3.63) is 18.2 Å². The van der Waals surface area contributed by atoms with Crippen LogP contribution in [0.15, 0.2) is 23.1 Å². The van der Waals surface area contributed by atoms with Gasteiger partial charge in [0.05, 0.1) is 6.61 Å². The lowest BCUT2D eigenvalue weighted by atomic mass is 9.85. The number of nitrogens with two attached hydrogens (primary N) is 1.